The maximum atomic E-state index is 12.9. The highest BCUT2D eigenvalue weighted by Gasteiger charge is 2.12. The smallest absolute Gasteiger partial charge is 0.408 e. The van der Waals surface area contributed by atoms with Gasteiger partial charge in [0.05, 0.1) is 12.6 Å². The van der Waals surface area contributed by atoms with Gasteiger partial charge in [0.1, 0.15) is 12.4 Å². The number of nitrogens with one attached hydrogen (secondary N) is 1. The zero-order chi connectivity index (χ0) is 14.8. The van der Waals surface area contributed by atoms with Crippen LogP contribution in [-0.2, 0) is 13.2 Å². The molecule has 3 aromatic rings. The monoisotopic (exact) mass is 287 g/mol. The topological polar surface area (TPSA) is 39.6 Å². The fraction of sp³-hybridized carbons (Fsp3) is 0.188. The fourth-order valence-corrected chi connectivity index (χ4v) is 2.44. The first-order valence-corrected chi connectivity index (χ1v) is 6.77. The molecule has 0 aliphatic rings. The molecule has 0 aliphatic heterocycles. The first-order valence-electron chi connectivity index (χ1n) is 6.77. The largest absolute Gasteiger partial charge is 0.424 e. The Hall–Kier alpha value is -2.40. The van der Waals surface area contributed by atoms with Crippen molar-refractivity contribution in [1.82, 2.24) is 4.57 Å². The summed E-state index contributed by atoms with van der Waals surface area (Å²) in [6.07, 6.45) is 0. The summed E-state index contributed by atoms with van der Waals surface area (Å²) in [4.78, 5) is 13.0. The standard InChI is InChI=1S/C16H15FN2O2/c1-18(10-12-6-8-13(17)9-7-12)11-19-14-4-2-3-5-15(14)21-16(19)20/h2-9H,10-11H2,1H3/p+1. The minimum absolute atomic E-state index is 0.242. The second-order valence-electron chi connectivity index (χ2n) is 5.18. The second-order valence-corrected chi connectivity index (χ2v) is 5.18. The van der Waals surface area contributed by atoms with Crippen LogP contribution in [0.4, 0.5) is 4.39 Å². The highest BCUT2D eigenvalue weighted by molar-refractivity contribution is 5.72. The Morgan fingerprint density at radius 3 is 2.62 bits per heavy atom. The number of quaternary nitrogens is 1. The van der Waals surface area contributed by atoms with Crippen molar-refractivity contribution in [2.75, 3.05) is 7.05 Å². The number of fused-ring (bicyclic) bond motifs is 1. The molecule has 1 unspecified atom stereocenters. The Bertz CT molecular complexity index is 805. The van der Waals surface area contributed by atoms with E-state index in [0.29, 0.717) is 18.8 Å². The number of halogens is 1. The summed E-state index contributed by atoms with van der Waals surface area (Å²) in [6.45, 7) is 1.19. The van der Waals surface area contributed by atoms with Crippen molar-refractivity contribution in [3.8, 4) is 0 Å². The summed E-state index contributed by atoms with van der Waals surface area (Å²) in [5.41, 5.74) is 2.41. The molecular formula is C16H16FN2O2+. The van der Waals surface area contributed by atoms with Gasteiger partial charge in [-0.3, -0.25) is 0 Å². The van der Waals surface area contributed by atoms with E-state index in [9.17, 15) is 9.18 Å². The summed E-state index contributed by atoms with van der Waals surface area (Å²) in [5, 5.41) is 0. The SMILES string of the molecule is C[NH+](Cc1ccc(F)cc1)Cn1c(=O)oc2ccccc21. The van der Waals surface area contributed by atoms with Crippen molar-refractivity contribution in [2.45, 2.75) is 13.2 Å². The number of hydrogen-bond acceptors (Lipinski definition) is 2. The minimum atomic E-state index is -0.352. The quantitative estimate of drug-likeness (QED) is 0.788. The molecule has 0 saturated carbocycles. The number of oxazole rings is 1. The molecule has 4 nitrogen and oxygen atoms in total. The van der Waals surface area contributed by atoms with E-state index in [-0.39, 0.29) is 11.6 Å². The molecule has 1 atom stereocenters. The Balaban J connectivity index is 1.80. The van der Waals surface area contributed by atoms with Gasteiger partial charge < -0.3 is 9.32 Å². The van der Waals surface area contributed by atoms with Crippen LogP contribution in [-0.4, -0.2) is 11.6 Å². The molecule has 3 rings (SSSR count). The minimum Gasteiger partial charge on any atom is -0.408 e. The van der Waals surface area contributed by atoms with Crippen molar-refractivity contribution in [2.24, 2.45) is 0 Å². The van der Waals surface area contributed by atoms with Gasteiger partial charge in [0.25, 0.3) is 0 Å². The molecule has 1 N–H and O–H groups in total. The molecule has 2 aromatic carbocycles. The Kier molecular flexibility index (Phi) is 3.58. The lowest BCUT2D eigenvalue weighted by Crippen LogP contribution is -3.07. The van der Waals surface area contributed by atoms with Gasteiger partial charge in [-0.15, -0.1) is 0 Å². The molecular weight excluding hydrogens is 271 g/mol. The Morgan fingerprint density at radius 1 is 1.14 bits per heavy atom. The van der Waals surface area contributed by atoms with Gasteiger partial charge in [-0.25, -0.2) is 13.8 Å². The zero-order valence-electron chi connectivity index (χ0n) is 11.7. The highest BCUT2D eigenvalue weighted by atomic mass is 19.1. The van der Waals surface area contributed by atoms with Crippen molar-refractivity contribution in [3.05, 3.63) is 70.5 Å². The highest BCUT2D eigenvalue weighted by Crippen LogP contribution is 2.10. The maximum absolute atomic E-state index is 12.9. The number of para-hydroxylation sites is 2. The molecule has 21 heavy (non-hydrogen) atoms. The molecule has 1 aromatic heterocycles. The predicted octanol–water partition coefficient (Wildman–Crippen LogP) is 1.41. The van der Waals surface area contributed by atoms with E-state index in [1.54, 1.807) is 22.8 Å². The van der Waals surface area contributed by atoms with Crippen LogP contribution in [0.2, 0.25) is 0 Å². The third kappa shape index (κ3) is 2.87. The summed E-state index contributed by atoms with van der Waals surface area (Å²) in [7, 11) is 1.98. The normalized spacial score (nSPS) is 12.7. The summed E-state index contributed by atoms with van der Waals surface area (Å²) in [5.74, 6) is -0.594. The van der Waals surface area contributed by atoms with E-state index in [1.165, 1.54) is 12.1 Å². The molecule has 0 bridgehead atoms. The van der Waals surface area contributed by atoms with Crippen LogP contribution in [0, 0.1) is 5.82 Å². The van der Waals surface area contributed by atoms with Gasteiger partial charge in [0, 0.05) is 5.56 Å². The molecule has 0 saturated heterocycles. The van der Waals surface area contributed by atoms with Crippen molar-refractivity contribution >= 4 is 11.1 Å². The summed E-state index contributed by atoms with van der Waals surface area (Å²) < 4.78 is 19.7. The molecule has 108 valence electrons. The number of nitrogens with zero attached hydrogens (tertiary/aromatic N) is 1. The zero-order valence-corrected chi connectivity index (χ0v) is 11.7. The Morgan fingerprint density at radius 2 is 1.86 bits per heavy atom. The van der Waals surface area contributed by atoms with Crippen LogP contribution in [0.15, 0.2) is 57.7 Å². The van der Waals surface area contributed by atoms with Crippen LogP contribution in [0.5, 0.6) is 0 Å². The van der Waals surface area contributed by atoms with E-state index in [4.69, 9.17) is 4.42 Å². The number of rotatable bonds is 4. The first-order chi connectivity index (χ1) is 10.1. The molecule has 0 fully saturated rings. The maximum Gasteiger partial charge on any atom is 0.424 e. The molecule has 0 radical (unpaired) electrons. The predicted molar refractivity (Wildman–Crippen MR) is 77.5 cm³/mol. The molecule has 0 aliphatic carbocycles. The molecule has 5 heteroatoms. The van der Waals surface area contributed by atoms with Crippen LogP contribution >= 0.6 is 0 Å². The van der Waals surface area contributed by atoms with Gasteiger partial charge in [-0.1, -0.05) is 24.3 Å². The molecule has 0 spiro atoms. The van der Waals surface area contributed by atoms with E-state index in [2.05, 4.69) is 0 Å². The third-order valence-electron chi connectivity index (χ3n) is 3.42. The Labute approximate surface area is 121 Å². The van der Waals surface area contributed by atoms with Crippen molar-refractivity contribution in [3.63, 3.8) is 0 Å². The van der Waals surface area contributed by atoms with Gasteiger partial charge in [0.15, 0.2) is 12.3 Å². The number of benzene rings is 2. The van der Waals surface area contributed by atoms with Gasteiger partial charge in [-0.05, 0) is 24.3 Å². The lowest BCUT2D eigenvalue weighted by atomic mass is 10.2. The van der Waals surface area contributed by atoms with E-state index < -0.39 is 0 Å². The van der Waals surface area contributed by atoms with Crippen molar-refractivity contribution < 1.29 is 13.7 Å². The van der Waals surface area contributed by atoms with Gasteiger partial charge >= 0.3 is 5.76 Å². The van der Waals surface area contributed by atoms with Gasteiger partial charge in [0.2, 0.25) is 0 Å². The van der Waals surface area contributed by atoms with Gasteiger partial charge in [-0.2, -0.15) is 0 Å². The fourth-order valence-electron chi connectivity index (χ4n) is 2.44. The third-order valence-corrected chi connectivity index (χ3v) is 3.42. The van der Waals surface area contributed by atoms with Crippen molar-refractivity contribution in [1.29, 1.82) is 0 Å². The van der Waals surface area contributed by atoms with Crippen LogP contribution in [0.25, 0.3) is 11.1 Å². The van der Waals surface area contributed by atoms with E-state index in [0.717, 1.165) is 16.0 Å². The number of hydrogen-bond donors (Lipinski definition) is 1. The van der Waals surface area contributed by atoms with Crippen LogP contribution in [0.1, 0.15) is 5.56 Å². The van der Waals surface area contributed by atoms with E-state index >= 15 is 0 Å². The lowest BCUT2D eigenvalue weighted by Gasteiger charge is -2.14. The summed E-state index contributed by atoms with van der Waals surface area (Å²) >= 11 is 0. The number of aromatic nitrogens is 1. The first kappa shape index (κ1) is 13.6. The summed E-state index contributed by atoms with van der Waals surface area (Å²) in [6, 6.07) is 13.8. The van der Waals surface area contributed by atoms with Crippen LogP contribution < -0.4 is 10.7 Å². The molecule has 1 heterocycles. The second kappa shape index (κ2) is 5.54. The average molecular weight is 287 g/mol. The average Bonchev–Trinajstić information content (AvgIpc) is 2.78. The molecule has 0 amide bonds. The lowest BCUT2D eigenvalue weighted by molar-refractivity contribution is -0.916. The van der Waals surface area contributed by atoms with E-state index in [1.807, 2.05) is 25.2 Å². The van der Waals surface area contributed by atoms with Crippen LogP contribution in [0.3, 0.4) is 0 Å².